The highest BCUT2D eigenvalue weighted by molar-refractivity contribution is 5.80. The van der Waals surface area contributed by atoms with Gasteiger partial charge in [-0.3, -0.25) is 4.79 Å². The van der Waals surface area contributed by atoms with Crippen LogP contribution in [0.1, 0.15) is 55.7 Å². The summed E-state index contributed by atoms with van der Waals surface area (Å²) in [5, 5.41) is 13.9. The second-order valence-corrected chi connectivity index (χ2v) is 9.23. The Balaban J connectivity index is 1.75. The van der Waals surface area contributed by atoms with E-state index in [9.17, 15) is 4.79 Å². The van der Waals surface area contributed by atoms with Crippen molar-refractivity contribution < 1.29 is 0 Å². The van der Waals surface area contributed by atoms with Crippen molar-refractivity contribution >= 4 is 16.6 Å². The number of hydrogen-bond donors (Lipinski definition) is 1. The van der Waals surface area contributed by atoms with Gasteiger partial charge in [0.25, 0.3) is 5.56 Å². The van der Waals surface area contributed by atoms with E-state index in [1.807, 2.05) is 29.8 Å². The van der Waals surface area contributed by atoms with Crippen LogP contribution < -0.4 is 10.5 Å². The molecule has 0 saturated heterocycles. The summed E-state index contributed by atoms with van der Waals surface area (Å²) < 4.78 is 1.89. The Bertz CT molecular complexity index is 1350. The van der Waals surface area contributed by atoms with Gasteiger partial charge in [-0.2, -0.15) is 0 Å². The van der Waals surface area contributed by atoms with E-state index in [1.54, 1.807) is 0 Å². The molecule has 32 heavy (non-hydrogen) atoms. The van der Waals surface area contributed by atoms with Gasteiger partial charge in [-0.15, -0.1) is 5.10 Å². The smallest absolute Gasteiger partial charge is 0.254 e. The molecule has 7 nitrogen and oxygen atoms in total. The number of benzene rings is 2. The Hall–Kier alpha value is -3.48. The summed E-state index contributed by atoms with van der Waals surface area (Å²) in [5.41, 5.74) is 4.62. The fourth-order valence-corrected chi connectivity index (χ4v) is 4.56. The van der Waals surface area contributed by atoms with E-state index >= 15 is 0 Å². The third-order valence-electron chi connectivity index (χ3n) is 6.74. The van der Waals surface area contributed by atoms with Crippen LogP contribution in [0.2, 0.25) is 0 Å². The van der Waals surface area contributed by atoms with Gasteiger partial charge in [0.1, 0.15) is 6.04 Å². The van der Waals surface area contributed by atoms with Crippen molar-refractivity contribution in [2.75, 3.05) is 11.4 Å². The predicted octanol–water partition coefficient (Wildman–Crippen LogP) is 4.12. The zero-order valence-electron chi connectivity index (χ0n) is 19.0. The first-order valence-corrected chi connectivity index (χ1v) is 11.2. The van der Waals surface area contributed by atoms with E-state index in [-0.39, 0.29) is 11.1 Å². The molecule has 5 rings (SSSR count). The summed E-state index contributed by atoms with van der Waals surface area (Å²) in [6, 6.07) is 16.1. The van der Waals surface area contributed by atoms with Crippen molar-refractivity contribution in [1.29, 1.82) is 0 Å². The maximum atomic E-state index is 13.4. The molecule has 1 aliphatic heterocycles. The van der Waals surface area contributed by atoms with Crippen LogP contribution in [0.25, 0.3) is 10.9 Å². The van der Waals surface area contributed by atoms with Crippen molar-refractivity contribution in [3.63, 3.8) is 0 Å². The summed E-state index contributed by atoms with van der Waals surface area (Å²) >= 11 is 0. The lowest BCUT2D eigenvalue weighted by molar-refractivity contribution is 0.287. The molecular weight excluding hydrogens is 400 g/mol. The van der Waals surface area contributed by atoms with Crippen LogP contribution in [0.5, 0.6) is 0 Å². The van der Waals surface area contributed by atoms with E-state index in [1.165, 1.54) is 5.56 Å². The van der Waals surface area contributed by atoms with E-state index in [0.29, 0.717) is 11.4 Å². The molecule has 0 bridgehead atoms. The van der Waals surface area contributed by atoms with Crippen molar-refractivity contribution in [1.82, 2.24) is 25.2 Å². The van der Waals surface area contributed by atoms with Gasteiger partial charge in [0, 0.05) is 23.3 Å². The van der Waals surface area contributed by atoms with Crippen LogP contribution in [-0.4, -0.2) is 31.7 Å². The van der Waals surface area contributed by atoms with E-state index in [4.69, 9.17) is 0 Å². The molecule has 1 aliphatic rings. The molecule has 0 saturated carbocycles. The highest BCUT2D eigenvalue weighted by Crippen LogP contribution is 2.38. The molecule has 7 heteroatoms. The molecule has 0 unspecified atom stereocenters. The Morgan fingerprint density at radius 2 is 1.97 bits per heavy atom. The van der Waals surface area contributed by atoms with Gasteiger partial charge in [0.2, 0.25) is 0 Å². The highest BCUT2D eigenvalue weighted by atomic mass is 16.1. The van der Waals surface area contributed by atoms with Crippen LogP contribution in [0.15, 0.2) is 53.3 Å². The maximum Gasteiger partial charge on any atom is 0.254 e. The van der Waals surface area contributed by atoms with Crippen LogP contribution in [0, 0.1) is 6.92 Å². The van der Waals surface area contributed by atoms with Crippen molar-refractivity contribution in [2.45, 2.75) is 52.1 Å². The van der Waals surface area contributed by atoms with Crippen LogP contribution in [0.3, 0.4) is 0 Å². The average Bonchev–Trinajstić information content (AvgIpc) is 3.43. The molecule has 0 amide bonds. The van der Waals surface area contributed by atoms with Gasteiger partial charge >= 0.3 is 0 Å². The summed E-state index contributed by atoms with van der Waals surface area (Å²) in [6.07, 6.45) is 1.79. The Labute approximate surface area is 187 Å². The molecule has 164 valence electrons. The fraction of sp³-hybridized carbons (Fsp3) is 0.360. The summed E-state index contributed by atoms with van der Waals surface area (Å²) in [7, 11) is 0. The summed E-state index contributed by atoms with van der Waals surface area (Å²) in [5.74, 6) is 0.686. The van der Waals surface area contributed by atoms with Crippen LogP contribution >= 0.6 is 0 Å². The van der Waals surface area contributed by atoms with Gasteiger partial charge < -0.3 is 9.88 Å². The van der Waals surface area contributed by atoms with Crippen molar-refractivity contribution in [2.24, 2.45) is 0 Å². The summed E-state index contributed by atoms with van der Waals surface area (Å²) in [4.78, 5) is 18.8. The minimum Gasteiger partial charge on any atom is -0.357 e. The van der Waals surface area contributed by atoms with Crippen molar-refractivity contribution in [3.05, 3.63) is 81.4 Å². The number of aromatic nitrogens is 5. The first-order chi connectivity index (χ1) is 15.4. The maximum absolute atomic E-state index is 13.4. The normalized spacial score (nSPS) is 14.7. The molecule has 1 N–H and O–H groups in total. The molecule has 0 fully saturated rings. The fourth-order valence-electron chi connectivity index (χ4n) is 4.56. The third kappa shape index (κ3) is 3.28. The molecule has 4 aromatic rings. The second-order valence-electron chi connectivity index (χ2n) is 9.23. The van der Waals surface area contributed by atoms with Crippen LogP contribution in [-0.2, 0) is 12.0 Å². The zero-order valence-corrected chi connectivity index (χ0v) is 19.0. The number of rotatable bonds is 5. The lowest BCUT2D eigenvalue weighted by Gasteiger charge is -2.32. The number of H-pyrrole nitrogens is 1. The van der Waals surface area contributed by atoms with Gasteiger partial charge in [-0.25, -0.2) is 4.68 Å². The SMILES string of the molecule is CCC(C)(C)n1nnnc1[C@@H](c1cc2ccc(C)cc2[nH]c1=O)N1CCc2ccccc21. The highest BCUT2D eigenvalue weighted by Gasteiger charge is 2.36. The molecule has 2 aromatic heterocycles. The number of hydrogen-bond acceptors (Lipinski definition) is 5. The Kier molecular flexibility index (Phi) is 4.84. The molecule has 1 atom stereocenters. The number of pyridine rings is 1. The largest absolute Gasteiger partial charge is 0.357 e. The molecule has 3 heterocycles. The number of aromatic amines is 1. The Morgan fingerprint density at radius 1 is 1.16 bits per heavy atom. The summed E-state index contributed by atoms with van der Waals surface area (Å²) in [6.45, 7) is 9.19. The standard InChI is InChI=1S/C25H28N6O/c1-5-25(3,4)31-23(27-28-29-31)22(30-13-12-17-8-6-7-9-21(17)30)19-15-18-11-10-16(2)14-20(18)26-24(19)32/h6-11,14-15,22H,5,12-13H2,1-4H3,(H,26,32)/t22-/m1/s1. The van der Waals surface area contributed by atoms with E-state index < -0.39 is 6.04 Å². The molecule has 0 aliphatic carbocycles. The van der Waals surface area contributed by atoms with E-state index in [2.05, 4.69) is 76.5 Å². The zero-order chi connectivity index (χ0) is 22.5. The van der Waals surface area contributed by atoms with Gasteiger partial charge in [-0.05, 0) is 78.8 Å². The monoisotopic (exact) mass is 428 g/mol. The molecular formula is C25H28N6O. The number of aryl methyl sites for hydroxylation is 1. The topological polar surface area (TPSA) is 79.7 Å². The number of fused-ring (bicyclic) bond motifs is 2. The van der Waals surface area contributed by atoms with Gasteiger partial charge in [0.15, 0.2) is 5.82 Å². The third-order valence-corrected chi connectivity index (χ3v) is 6.74. The first-order valence-electron chi connectivity index (χ1n) is 11.2. The van der Waals surface area contributed by atoms with Gasteiger partial charge in [-0.1, -0.05) is 37.3 Å². The van der Waals surface area contributed by atoms with Gasteiger partial charge in [0.05, 0.1) is 5.54 Å². The average molecular weight is 429 g/mol. The molecule has 2 aromatic carbocycles. The molecule has 0 spiro atoms. The first kappa shape index (κ1) is 20.4. The number of nitrogens with zero attached hydrogens (tertiary/aromatic N) is 5. The second kappa shape index (κ2) is 7.58. The minimum absolute atomic E-state index is 0.110. The Morgan fingerprint density at radius 3 is 2.78 bits per heavy atom. The van der Waals surface area contributed by atoms with Crippen molar-refractivity contribution in [3.8, 4) is 0 Å². The number of tetrazole rings is 1. The minimum atomic E-state index is -0.395. The lowest BCUT2D eigenvalue weighted by atomic mass is 9.99. The number of anilines is 1. The van der Waals surface area contributed by atoms with E-state index in [0.717, 1.165) is 41.5 Å². The number of para-hydroxylation sites is 1. The lowest BCUT2D eigenvalue weighted by Crippen LogP contribution is -2.37. The van der Waals surface area contributed by atoms with Crippen LogP contribution in [0.4, 0.5) is 5.69 Å². The quantitative estimate of drug-likeness (QED) is 0.517. The predicted molar refractivity (Wildman–Crippen MR) is 126 cm³/mol. The number of nitrogens with one attached hydrogen (secondary N) is 1. The molecule has 0 radical (unpaired) electrons.